The first-order valence-electron chi connectivity index (χ1n) is 9.59. The maximum atomic E-state index is 5.39. The average molecular weight is 341 g/mol. The molecule has 0 unspecified atom stereocenters. The van der Waals surface area contributed by atoms with Gasteiger partial charge in [0.25, 0.3) is 0 Å². The van der Waals surface area contributed by atoms with E-state index < -0.39 is 0 Å². The molecule has 6 nitrogen and oxygen atoms in total. The first-order chi connectivity index (χ1) is 11.8. The fourth-order valence-corrected chi connectivity index (χ4v) is 3.41. The Morgan fingerprint density at radius 1 is 1.25 bits per heavy atom. The van der Waals surface area contributed by atoms with Crippen molar-refractivity contribution in [1.29, 1.82) is 0 Å². The number of nitrogens with one attached hydrogen (secondary N) is 2. The molecule has 0 aromatic heterocycles. The van der Waals surface area contributed by atoms with E-state index in [4.69, 9.17) is 14.5 Å². The molecule has 1 aliphatic heterocycles. The molecule has 2 rings (SSSR count). The summed E-state index contributed by atoms with van der Waals surface area (Å²) in [5.41, 5.74) is 0.381. The van der Waals surface area contributed by atoms with Crippen molar-refractivity contribution >= 4 is 5.96 Å². The highest BCUT2D eigenvalue weighted by Crippen LogP contribution is 2.44. The number of nitrogens with zero attached hydrogens (tertiary/aromatic N) is 2. The summed E-state index contributed by atoms with van der Waals surface area (Å²) in [6.45, 7) is 10.8. The van der Waals surface area contributed by atoms with Gasteiger partial charge in [0.05, 0.1) is 13.2 Å². The number of morpholine rings is 1. The molecule has 140 valence electrons. The highest BCUT2D eigenvalue weighted by molar-refractivity contribution is 5.79. The minimum atomic E-state index is 0.381. The molecule has 2 N–H and O–H groups in total. The van der Waals surface area contributed by atoms with Crippen LogP contribution in [0.25, 0.3) is 0 Å². The summed E-state index contributed by atoms with van der Waals surface area (Å²) in [5, 5.41) is 6.86. The van der Waals surface area contributed by atoms with E-state index in [-0.39, 0.29) is 0 Å². The Labute approximate surface area is 147 Å². The van der Waals surface area contributed by atoms with Gasteiger partial charge in [0.15, 0.2) is 5.96 Å². The predicted molar refractivity (Wildman–Crippen MR) is 98.6 cm³/mol. The molecule has 0 atom stereocenters. The monoisotopic (exact) mass is 340 g/mol. The van der Waals surface area contributed by atoms with Gasteiger partial charge in [-0.1, -0.05) is 6.42 Å². The van der Waals surface area contributed by atoms with Crippen LogP contribution in [0.15, 0.2) is 4.99 Å². The molecular weight excluding hydrogens is 304 g/mol. The average Bonchev–Trinajstić information content (AvgIpc) is 2.58. The van der Waals surface area contributed by atoms with Gasteiger partial charge in [-0.2, -0.15) is 0 Å². The number of ether oxygens (including phenoxy) is 2. The minimum Gasteiger partial charge on any atom is -0.385 e. The van der Waals surface area contributed by atoms with E-state index in [1.54, 1.807) is 7.11 Å². The Bertz CT molecular complexity index is 366. The third-order valence-electron chi connectivity index (χ3n) is 5.21. The van der Waals surface area contributed by atoms with Crippen LogP contribution in [0.4, 0.5) is 0 Å². The van der Waals surface area contributed by atoms with E-state index in [9.17, 15) is 0 Å². The van der Waals surface area contributed by atoms with Crippen molar-refractivity contribution in [3.63, 3.8) is 0 Å². The molecule has 1 aliphatic carbocycles. The molecule has 0 amide bonds. The lowest BCUT2D eigenvalue weighted by Crippen LogP contribution is -2.42. The summed E-state index contributed by atoms with van der Waals surface area (Å²) in [5.74, 6) is 0.961. The van der Waals surface area contributed by atoms with Gasteiger partial charge in [-0.25, -0.2) is 0 Å². The van der Waals surface area contributed by atoms with Gasteiger partial charge in [0, 0.05) is 46.4 Å². The van der Waals surface area contributed by atoms with Crippen molar-refractivity contribution in [3.8, 4) is 0 Å². The smallest absolute Gasteiger partial charge is 0.191 e. The fourth-order valence-electron chi connectivity index (χ4n) is 3.41. The largest absolute Gasteiger partial charge is 0.385 e. The second-order valence-electron chi connectivity index (χ2n) is 7.03. The van der Waals surface area contributed by atoms with E-state index >= 15 is 0 Å². The van der Waals surface area contributed by atoms with Crippen LogP contribution in [-0.2, 0) is 9.47 Å². The third-order valence-corrected chi connectivity index (χ3v) is 5.21. The molecule has 0 aromatic carbocycles. The number of aliphatic imine (C=N–C) groups is 1. The summed E-state index contributed by atoms with van der Waals surface area (Å²) in [6.07, 6.45) is 6.18. The first kappa shape index (κ1) is 19.5. The van der Waals surface area contributed by atoms with E-state index in [0.29, 0.717) is 5.41 Å². The van der Waals surface area contributed by atoms with Crippen LogP contribution in [0, 0.1) is 5.41 Å². The molecule has 2 aliphatic rings. The quantitative estimate of drug-likeness (QED) is 0.358. The van der Waals surface area contributed by atoms with E-state index in [2.05, 4.69) is 22.5 Å². The summed E-state index contributed by atoms with van der Waals surface area (Å²) in [4.78, 5) is 7.33. The Balaban J connectivity index is 1.69. The Morgan fingerprint density at radius 3 is 2.67 bits per heavy atom. The standard InChI is InChI=1S/C18H36N4O2/c1-3-19-17(20-9-5-10-22-11-14-24-15-12-22)21-16-18(6-4-7-18)8-13-23-2/h3-16H2,1-2H3,(H2,19,20,21). The number of rotatable bonds is 10. The van der Waals surface area contributed by atoms with Crippen LogP contribution in [0.1, 0.15) is 39.0 Å². The summed E-state index contributed by atoms with van der Waals surface area (Å²) in [7, 11) is 1.79. The zero-order chi connectivity index (χ0) is 17.1. The highest BCUT2D eigenvalue weighted by atomic mass is 16.5. The molecular formula is C18H36N4O2. The zero-order valence-corrected chi connectivity index (χ0v) is 15.6. The second kappa shape index (κ2) is 10.9. The lowest BCUT2D eigenvalue weighted by Gasteiger charge is -2.40. The van der Waals surface area contributed by atoms with E-state index in [1.807, 2.05) is 0 Å². The third kappa shape index (κ3) is 6.57. The Kier molecular flexibility index (Phi) is 8.84. The van der Waals surface area contributed by atoms with Crippen molar-refractivity contribution in [2.24, 2.45) is 10.4 Å². The van der Waals surface area contributed by atoms with Gasteiger partial charge < -0.3 is 20.1 Å². The maximum Gasteiger partial charge on any atom is 0.191 e. The van der Waals surface area contributed by atoms with Gasteiger partial charge in [0.1, 0.15) is 0 Å². The topological polar surface area (TPSA) is 58.1 Å². The molecule has 24 heavy (non-hydrogen) atoms. The summed E-state index contributed by atoms with van der Waals surface area (Å²) in [6, 6.07) is 0. The minimum absolute atomic E-state index is 0.381. The van der Waals surface area contributed by atoms with Gasteiger partial charge in [-0.3, -0.25) is 9.89 Å². The van der Waals surface area contributed by atoms with Crippen LogP contribution >= 0.6 is 0 Å². The summed E-state index contributed by atoms with van der Waals surface area (Å²) < 4.78 is 10.7. The van der Waals surface area contributed by atoms with Gasteiger partial charge in [0.2, 0.25) is 0 Å². The highest BCUT2D eigenvalue weighted by Gasteiger charge is 2.36. The fraction of sp³-hybridized carbons (Fsp3) is 0.944. The molecule has 0 spiro atoms. The lowest BCUT2D eigenvalue weighted by molar-refractivity contribution is 0.0376. The number of methoxy groups -OCH3 is 1. The predicted octanol–water partition coefficient (Wildman–Crippen LogP) is 1.47. The Hall–Kier alpha value is -0.850. The van der Waals surface area contributed by atoms with Crippen molar-refractivity contribution in [1.82, 2.24) is 15.5 Å². The molecule has 0 radical (unpaired) electrons. The van der Waals surface area contributed by atoms with Crippen molar-refractivity contribution in [2.45, 2.75) is 39.0 Å². The summed E-state index contributed by atoms with van der Waals surface area (Å²) >= 11 is 0. The molecule has 0 bridgehead atoms. The van der Waals surface area contributed by atoms with Crippen molar-refractivity contribution in [3.05, 3.63) is 0 Å². The zero-order valence-electron chi connectivity index (χ0n) is 15.6. The lowest BCUT2D eigenvalue weighted by atomic mass is 9.67. The first-order valence-corrected chi connectivity index (χ1v) is 9.59. The molecule has 1 saturated carbocycles. The van der Waals surface area contributed by atoms with Crippen LogP contribution in [-0.4, -0.2) is 77.1 Å². The molecule has 6 heteroatoms. The number of hydrogen-bond donors (Lipinski definition) is 2. The van der Waals surface area contributed by atoms with Crippen LogP contribution in [0.3, 0.4) is 0 Å². The van der Waals surface area contributed by atoms with Gasteiger partial charge in [-0.15, -0.1) is 0 Å². The van der Waals surface area contributed by atoms with E-state index in [1.165, 1.54) is 19.3 Å². The van der Waals surface area contributed by atoms with Gasteiger partial charge >= 0.3 is 0 Å². The van der Waals surface area contributed by atoms with Crippen molar-refractivity contribution < 1.29 is 9.47 Å². The number of hydrogen-bond acceptors (Lipinski definition) is 4. The second-order valence-corrected chi connectivity index (χ2v) is 7.03. The molecule has 0 aromatic rings. The van der Waals surface area contributed by atoms with Crippen LogP contribution < -0.4 is 10.6 Å². The van der Waals surface area contributed by atoms with Crippen LogP contribution in [0.5, 0.6) is 0 Å². The van der Waals surface area contributed by atoms with Crippen molar-refractivity contribution in [2.75, 3.05) is 66.2 Å². The maximum absolute atomic E-state index is 5.39. The molecule has 2 fully saturated rings. The van der Waals surface area contributed by atoms with Crippen LogP contribution in [0.2, 0.25) is 0 Å². The van der Waals surface area contributed by atoms with Gasteiger partial charge in [-0.05, 0) is 44.6 Å². The van der Waals surface area contributed by atoms with E-state index in [0.717, 1.165) is 77.9 Å². The molecule has 1 saturated heterocycles. The SMILES string of the molecule is CCNC(=NCC1(CCOC)CCC1)NCCCN1CCOCC1. The normalized spacial score (nSPS) is 21.3. The molecule has 1 heterocycles. The number of guanidine groups is 1. The Morgan fingerprint density at radius 2 is 2.04 bits per heavy atom.